The average molecular weight is 463 g/mol. The molecule has 1 aliphatic heterocycles. The molecule has 2 aromatic heterocycles. The van der Waals surface area contributed by atoms with E-state index in [0.717, 1.165) is 45.9 Å². The predicted octanol–water partition coefficient (Wildman–Crippen LogP) is 7.14. The lowest BCUT2D eigenvalue weighted by Crippen LogP contribution is -2.18. The molecule has 1 aromatic carbocycles. The standard InChI is InChI=1S/C23H24Cl2N2O2S/c1-23(2,3)14-9-10-26-22-18(14)21(30-16-8-4-7-15(24)19(16)25)20-13(12-17(28)29)6-5-11-27(20)22/h4,7-10,13H,5-6,11-12H2,1-3H3,(H,28,29). The number of hydrogen-bond donors (Lipinski definition) is 1. The van der Waals surface area contributed by atoms with Crippen molar-refractivity contribution in [2.45, 2.75) is 67.7 Å². The SMILES string of the molecule is CC(C)(C)c1ccnc2c1c(Sc1cccc(Cl)c1Cl)c1n2CCCC1CC(=O)O. The fourth-order valence-corrected chi connectivity index (χ4v) is 6.04. The van der Waals surface area contributed by atoms with Crippen LogP contribution in [0.5, 0.6) is 0 Å². The van der Waals surface area contributed by atoms with Gasteiger partial charge in [0.2, 0.25) is 0 Å². The van der Waals surface area contributed by atoms with Crippen molar-refractivity contribution in [3.8, 4) is 0 Å². The molecule has 0 fully saturated rings. The highest BCUT2D eigenvalue weighted by atomic mass is 35.5. The van der Waals surface area contributed by atoms with Crippen LogP contribution in [-0.4, -0.2) is 20.6 Å². The van der Waals surface area contributed by atoms with Gasteiger partial charge >= 0.3 is 5.97 Å². The van der Waals surface area contributed by atoms with Crippen LogP contribution in [0.25, 0.3) is 11.0 Å². The molecule has 0 saturated heterocycles. The lowest BCUT2D eigenvalue weighted by atomic mass is 9.85. The van der Waals surface area contributed by atoms with Crippen LogP contribution in [0.2, 0.25) is 10.0 Å². The molecule has 3 aromatic rings. The number of hydrogen-bond acceptors (Lipinski definition) is 3. The zero-order valence-electron chi connectivity index (χ0n) is 17.2. The van der Waals surface area contributed by atoms with Gasteiger partial charge in [0.05, 0.1) is 16.5 Å². The molecular weight excluding hydrogens is 439 g/mol. The van der Waals surface area contributed by atoms with Crippen molar-refractivity contribution >= 4 is 52.0 Å². The number of aromatic nitrogens is 2. The molecule has 0 bridgehead atoms. The number of carboxylic acid groups (broad SMARTS) is 1. The van der Waals surface area contributed by atoms with Gasteiger partial charge in [0, 0.05) is 39.5 Å². The van der Waals surface area contributed by atoms with Crippen molar-refractivity contribution in [2.24, 2.45) is 0 Å². The first-order valence-corrected chi connectivity index (χ1v) is 11.6. The van der Waals surface area contributed by atoms with Crippen LogP contribution in [0.1, 0.15) is 57.2 Å². The minimum absolute atomic E-state index is 0.0567. The van der Waals surface area contributed by atoms with E-state index in [-0.39, 0.29) is 17.8 Å². The maximum absolute atomic E-state index is 11.6. The van der Waals surface area contributed by atoms with Gasteiger partial charge in [-0.1, -0.05) is 61.8 Å². The van der Waals surface area contributed by atoms with E-state index in [1.165, 1.54) is 5.56 Å². The first kappa shape index (κ1) is 21.5. The summed E-state index contributed by atoms with van der Waals surface area (Å²) in [5.41, 5.74) is 3.09. The summed E-state index contributed by atoms with van der Waals surface area (Å²) in [7, 11) is 0. The van der Waals surface area contributed by atoms with Crippen molar-refractivity contribution in [2.75, 3.05) is 0 Å². The molecule has 30 heavy (non-hydrogen) atoms. The molecule has 1 unspecified atom stereocenters. The van der Waals surface area contributed by atoms with E-state index in [1.54, 1.807) is 17.8 Å². The van der Waals surface area contributed by atoms with Crippen LogP contribution >= 0.6 is 35.0 Å². The van der Waals surface area contributed by atoms with E-state index < -0.39 is 5.97 Å². The van der Waals surface area contributed by atoms with Crippen molar-refractivity contribution in [1.82, 2.24) is 9.55 Å². The van der Waals surface area contributed by atoms with Gasteiger partial charge in [-0.15, -0.1) is 0 Å². The first-order chi connectivity index (χ1) is 14.2. The third-order valence-electron chi connectivity index (χ3n) is 5.62. The van der Waals surface area contributed by atoms with Gasteiger partial charge in [-0.05, 0) is 42.0 Å². The molecule has 7 heteroatoms. The number of pyridine rings is 1. The Morgan fingerprint density at radius 3 is 2.77 bits per heavy atom. The fraction of sp³-hybridized carbons (Fsp3) is 0.391. The van der Waals surface area contributed by atoms with Gasteiger partial charge < -0.3 is 9.67 Å². The lowest BCUT2D eigenvalue weighted by molar-refractivity contribution is -0.137. The quantitative estimate of drug-likeness (QED) is 0.447. The number of nitrogens with zero attached hydrogens (tertiary/aromatic N) is 2. The molecule has 158 valence electrons. The number of aliphatic carboxylic acids is 1. The molecule has 1 N–H and O–H groups in total. The van der Waals surface area contributed by atoms with E-state index in [0.29, 0.717) is 10.0 Å². The van der Waals surface area contributed by atoms with Crippen molar-refractivity contribution in [3.05, 3.63) is 51.8 Å². The number of rotatable bonds is 4. The summed E-state index contributed by atoms with van der Waals surface area (Å²) >= 11 is 14.4. The molecule has 3 heterocycles. The number of halogens is 2. The molecule has 1 aliphatic rings. The van der Waals surface area contributed by atoms with E-state index in [4.69, 9.17) is 28.2 Å². The molecule has 4 rings (SSSR count). The van der Waals surface area contributed by atoms with Gasteiger partial charge in [-0.2, -0.15) is 0 Å². The topological polar surface area (TPSA) is 55.1 Å². The van der Waals surface area contributed by atoms with E-state index in [9.17, 15) is 9.90 Å². The fourth-order valence-electron chi connectivity index (χ4n) is 4.32. The van der Waals surface area contributed by atoms with Crippen molar-refractivity contribution < 1.29 is 9.90 Å². The zero-order chi connectivity index (χ0) is 21.6. The minimum atomic E-state index is -0.778. The maximum Gasteiger partial charge on any atom is 0.304 e. The number of carbonyl (C=O) groups is 1. The summed E-state index contributed by atoms with van der Waals surface area (Å²) in [5, 5.41) is 11.7. The average Bonchev–Trinajstić information content (AvgIpc) is 2.99. The molecule has 0 aliphatic carbocycles. The Kier molecular flexibility index (Phi) is 5.82. The minimum Gasteiger partial charge on any atom is -0.481 e. The summed E-state index contributed by atoms with van der Waals surface area (Å²) < 4.78 is 2.22. The van der Waals surface area contributed by atoms with Crippen LogP contribution in [0.3, 0.4) is 0 Å². The van der Waals surface area contributed by atoms with Crippen molar-refractivity contribution in [3.63, 3.8) is 0 Å². The summed E-state index contributed by atoms with van der Waals surface area (Å²) in [6.45, 7) is 7.41. The van der Waals surface area contributed by atoms with Crippen LogP contribution in [0, 0.1) is 0 Å². The molecule has 0 radical (unpaired) electrons. The highest BCUT2D eigenvalue weighted by molar-refractivity contribution is 7.99. The second kappa shape index (κ2) is 8.10. The first-order valence-electron chi connectivity index (χ1n) is 10.0. The summed E-state index contributed by atoms with van der Waals surface area (Å²) in [6.07, 6.45) is 3.76. The van der Waals surface area contributed by atoms with Crippen molar-refractivity contribution in [1.29, 1.82) is 0 Å². The molecule has 0 spiro atoms. The summed E-state index contributed by atoms with van der Waals surface area (Å²) in [6, 6.07) is 7.69. The third-order valence-corrected chi connectivity index (χ3v) is 7.72. The van der Waals surface area contributed by atoms with Gasteiger partial charge in [0.1, 0.15) is 5.65 Å². The van der Waals surface area contributed by atoms with Crippen LogP contribution in [0.4, 0.5) is 0 Å². The summed E-state index contributed by atoms with van der Waals surface area (Å²) in [5.74, 6) is -0.835. The van der Waals surface area contributed by atoms with Gasteiger partial charge in [0.15, 0.2) is 0 Å². The van der Waals surface area contributed by atoms with Crippen LogP contribution in [-0.2, 0) is 16.8 Å². The third kappa shape index (κ3) is 3.83. The van der Waals surface area contributed by atoms with Gasteiger partial charge in [-0.3, -0.25) is 4.79 Å². The Morgan fingerprint density at radius 2 is 2.07 bits per heavy atom. The van der Waals surface area contributed by atoms with Gasteiger partial charge in [-0.25, -0.2) is 4.98 Å². The normalized spacial score (nSPS) is 16.6. The Labute approximate surface area is 190 Å². The molecular formula is C23H24Cl2N2O2S. The Morgan fingerprint density at radius 1 is 1.30 bits per heavy atom. The number of aryl methyl sites for hydroxylation is 1. The molecule has 4 nitrogen and oxygen atoms in total. The number of carboxylic acids is 1. The predicted molar refractivity (Wildman–Crippen MR) is 123 cm³/mol. The Bertz CT molecular complexity index is 1130. The van der Waals surface area contributed by atoms with Gasteiger partial charge in [0.25, 0.3) is 0 Å². The second-order valence-electron chi connectivity index (χ2n) is 8.76. The Hall–Kier alpha value is -1.69. The monoisotopic (exact) mass is 462 g/mol. The second-order valence-corrected chi connectivity index (χ2v) is 10.6. The molecule has 0 saturated carbocycles. The van der Waals surface area contributed by atoms with E-state index in [1.807, 2.05) is 18.3 Å². The summed E-state index contributed by atoms with van der Waals surface area (Å²) in [4.78, 5) is 18.3. The van der Waals surface area contributed by atoms with E-state index >= 15 is 0 Å². The molecule has 0 amide bonds. The lowest BCUT2D eigenvalue weighted by Gasteiger charge is -2.25. The zero-order valence-corrected chi connectivity index (χ0v) is 19.5. The molecule has 1 atom stereocenters. The highest BCUT2D eigenvalue weighted by Crippen LogP contribution is 2.49. The van der Waals surface area contributed by atoms with E-state index in [2.05, 4.69) is 31.4 Å². The highest BCUT2D eigenvalue weighted by Gasteiger charge is 2.33. The van der Waals surface area contributed by atoms with Crippen LogP contribution in [0.15, 0.2) is 40.3 Å². The Balaban J connectivity index is 2.02. The largest absolute Gasteiger partial charge is 0.481 e. The number of fused-ring (bicyclic) bond motifs is 3. The number of benzene rings is 1. The maximum atomic E-state index is 11.6. The van der Waals surface area contributed by atoms with Crippen LogP contribution < -0.4 is 0 Å². The smallest absolute Gasteiger partial charge is 0.304 e.